The molecule has 0 heterocycles. The fraction of sp³-hybridized carbons (Fsp3) is 0.143. The minimum Gasteiger partial charge on any atom is -0.270 e. The first-order chi connectivity index (χ1) is 6.88. The number of hydrogen-bond donors (Lipinski definition) is 1. The van der Waals surface area contributed by atoms with Crippen molar-refractivity contribution in [2.24, 2.45) is 0 Å². The van der Waals surface area contributed by atoms with Gasteiger partial charge >= 0.3 is 0 Å². The van der Waals surface area contributed by atoms with Gasteiger partial charge in [-0.1, -0.05) is 0 Å². The number of hydrogen-bond acceptors (Lipinski definition) is 6. The Morgan fingerprint density at radius 3 is 2.44 bits per heavy atom. The molecular formula is C7H7NNaO5S2. The van der Waals surface area contributed by atoms with Crippen LogP contribution < -0.4 is 0 Å². The van der Waals surface area contributed by atoms with Crippen LogP contribution in [0.4, 0.5) is 5.69 Å². The van der Waals surface area contributed by atoms with Crippen molar-refractivity contribution in [3.8, 4) is 0 Å². The third-order valence-corrected chi connectivity index (χ3v) is 3.30. The summed E-state index contributed by atoms with van der Waals surface area (Å²) < 4.78 is 26.7. The summed E-state index contributed by atoms with van der Waals surface area (Å²) in [6.07, 6.45) is 0. The average molecular weight is 272 g/mol. The van der Waals surface area contributed by atoms with Gasteiger partial charge in [0.1, 0.15) is 4.90 Å². The molecule has 0 fully saturated rings. The van der Waals surface area contributed by atoms with Crippen LogP contribution >= 0.6 is 12.6 Å². The van der Waals surface area contributed by atoms with Gasteiger partial charge in [-0.3, -0.25) is 14.3 Å². The summed E-state index contributed by atoms with van der Waals surface area (Å²) in [5.74, 6) is 0. The van der Waals surface area contributed by atoms with Gasteiger partial charge in [-0.15, -0.1) is 12.6 Å². The summed E-state index contributed by atoms with van der Waals surface area (Å²) in [7, 11) is -2.93. The van der Waals surface area contributed by atoms with Gasteiger partial charge < -0.3 is 0 Å². The molecule has 16 heavy (non-hydrogen) atoms. The Balaban J connectivity index is 0.00000225. The van der Waals surface area contributed by atoms with Crippen molar-refractivity contribution in [3.05, 3.63) is 28.3 Å². The van der Waals surface area contributed by atoms with Gasteiger partial charge in [0, 0.05) is 35.6 Å². The molecule has 0 spiro atoms. The first kappa shape index (κ1) is 15.9. The molecule has 0 saturated carbocycles. The van der Waals surface area contributed by atoms with E-state index in [0.29, 0.717) is 0 Å². The Bertz CT molecular complexity index is 501. The minimum absolute atomic E-state index is 0. The van der Waals surface area contributed by atoms with Crippen LogP contribution in [0.25, 0.3) is 0 Å². The van der Waals surface area contributed by atoms with Gasteiger partial charge in [0.15, 0.2) is 0 Å². The molecule has 0 amide bonds. The summed E-state index contributed by atoms with van der Waals surface area (Å²) >= 11 is 3.83. The fourth-order valence-corrected chi connectivity index (χ4v) is 1.81. The number of benzene rings is 1. The molecule has 1 aromatic carbocycles. The van der Waals surface area contributed by atoms with E-state index in [1.807, 2.05) is 0 Å². The van der Waals surface area contributed by atoms with Crippen molar-refractivity contribution in [3.63, 3.8) is 0 Å². The van der Waals surface area contributed by atoms with Crippen LogP contribution in [0, 0.1) is 10.1 Å². The molecule has 6 nitrogen and oxygen atoms in total. The summed E-state index contributed by atoms with van der Waals surface area (Å²) in [6, 6.07) is 3.32. The molecule has 0 atom stereocenters. The predicted octanol–water partition coefficient (Wildman–Crippen LogP) is 0.838. The van der Waals surface area contributed by atoms with Crippen molar-refractivity contribution < 1.29 is 17.5 Å². The molecule has 9 heteroatoms. The minimum atomic E-state index is -3.91. The zero-order valence-electron chi connectivity index (χ0n) is 8.58. The number of nitro groups is 1. The molecule has 1 radical (unpaired) electrons. The van der Waals surface area contributed by atoms with Crippen LogP contribution in [0.2, 0.25) is 0 Å². The maximum absolute atomic E-state index is 11.2. The summed E-state index contributed by atoms with van der Waals surface area (Å²) in [6.45, 7) is 0. The molecule has 0 aliphatic rings. The zero-order valence-corrected chi connectivity index (χ0v) is 12.3. The van der Waals surface area contributed by atoms with E-state index in [0.717, 1.165) is 13.2 Å². The van der Waals surface area contributed by atoms with E-state index in [2.05, 4.69) is 16.8 Å². The van der Waals surface area contributed by atoms with Crippen LogP contribution in [0.5, 0.6) is 0 Å². The molecule has 0 aliphatic heterocycles. The zero-order chi connectivity index (χ0) is 11.6. The van der Waals surface area contributed by atoms with E-state index in [1.54, 1.807) is 0 Å². The first-order valence-corrected chi connectivity index (χ1v) is 5.52. The second-order valence-corrected chi connectivity index (χ2v) is 4.72. The van der Waals surface area contributed by atoms with Crippen LogP contribution in [0.1, 0.15) is 0 Å². The van der Waals surface area contributed by atoms with E-state index in [1.165, 1.54) is 12.1 Å². The molecule has 0 saturated heterocycles. The second-order valence-electron chi connectivity index (χ2n) is 2.53. The van der Waals surface area contributed by atoms with E-state index >= 15 is 0 Å². The van der Waals surface area contributed by atoms with Crippen molar-refractivity contribution in [2.45, 2.75) is 9.79 Å². The molecule has 1 rings (SSSR count). The van der Waals surface area contributed by atoms with E-state index in [4.69, 9.17) is 0 Å². The van der Waals surface area contributed by atoms with E-state index < -0.39 is 15.0 Å². The molecule has 0 N–H and O–H groups in total. The first-order valence-electron chi connectivity index (χ1n) is 3.66. The topological polar surface area (TPSA) is 86.5 Å². The fourth-order valence-electron chi connectivity index (χ4n) is 0.901. The van der Waals surface area contributed by atoms with E-state index in [9.17, 15) is 18.5 Å². The van der Waals surface area contributed by atoms with Crippen molar-refractivity contribution in [2.75, 3.05) is 7.11 Å². The number of nitro benzene ring substituents is 1. The number of thiol groups is 1. The maximum atomic E-state index is 11.2. The number of rotatable bonds is 3. The van der Waals surface area contributed by atoms with Crippen LogP contribution in [0.15, 0.2) is 28.0 Å². The molecule has 0 aliphatic carbocycles. The van der Waals surface area contributed by atoms with Gasteiger partial charge in [-0.25, -0.2) is 0 Å². The molecule has 0 aromatic heterocycles. The third-order valence-electron chi connectivity index (χ3n) is 1.65. The maximum Gasteiger partial charge on any atom is 0.296 e. The Labute approximate surface area is 120 Å². The molecule has 0 unspecified atom stereocenters. The van der Waals surface area contributed by atoms with Gasteiger partial charge in [0.25, 0.3) is 15.8 Å². The molecule has 0 bridgehead atoms. The quantitative estimate of drug-likeness (QED) is 0.290. The van der Waals surface area contributed by atoms with Gasteiger partial charge in [-0.2, -0.15) is 8.42 Å². The number of nitrogens with zero attached hydrogens (tertiary/aromatic N) is 1. The van der Waals surface area contributed by atoms with Crippen LogP contribution in [0.3, 0.4) is 0 Å². The van der Waals surface area contributed by atoms with Gasteiger partial charge in [0.05, 0.1) is 16.9 Å². The van der Waals surface area contributed by atoms with Gasteiger partial charge in [0.2, 0.25) is 0 Å². The standard InChI is InChI=1S/C7H7NO5S2.Na/c1-13-15(11,12)5-2-3-7(14)6(4-5)8(9)10;/h2-4,14H,1H3;. The van der Waals surface area contributed by atoms with Crippen molar-refractivity contribution >= 4 is 58.0 Å². The van der Waals surface area contributed by atoms with E-state index in [-0.39, 0.29) is 45.0 Å². The smallest absolute Gasteiger partial charge is 0.270 e. The Hall–Kier alpha value is -0.120. The average Bonchev–Trinajstić information content (AvgIpc) is 2.17. The summed E-state index contributed by atoms with van der Waals surface area (Å²) in [5.41, 5.74) is -0.378. The monoisotopic (exact) mass is 272 g/mol. The summed E-state index contributed by atoms with van der Waals surface area (Å²) in [4.78, 5) is 9.62. The van der Waals surface area contributed by atoms with Crippen molar-refractivity contribution in [1.29, 1.82) is 0 Å². The molecule has 1 aromatic rings. The normalized spacial score (nSPS) is 10.6. The predicted molar refractivity (Wildman–Crippen MR) is 60.3 cm³/mol. The van der Waals surface area contributed by atoms with Crippen LogP contribution in [-0.4, -0.2) is 50.0 Å². The molecular weight excluding hydrogens is 265 g/mol. The largest absolute Gasteiger partial charge is 0.296 e. The SMILES string of the molecule is COS(=O)(=O)c1ccc(S)c([N+](=O)[O-])c1.[Na]. The Kier molecular flexibility index (Phi) is 5.94. The molecule has 83 valence electrons. The second kappa shape index (κ2) is 5.99. The third kappa shape index (κ3) is 3.44. The van der Waals surface area contributed by atoms with Gasteiger partial charge in [-0.05, 0) is 12.1 Å². The Morgan fingerprint density at radius 2 is 2.00 bits per heavy atom. The Morgan fingerprint density at radius 1 is 1.44 bits per heavy atom. The van der Waals surface area contributed by atoms with Crippen molar-refractivity contribution in [1.82, 2.24) is 0 Å². The van der Waals surface area contributed by atoms with Crippen LogP contribution in [-0.2, 0) is 14.3 Å². The summed E-state index contributed by atoms with van der Waals surface area (Å²) in [5, 5.41) is 10.5.